The number of carbonyl (C=O) groups is 3. The van der Waals surface area contributed by atoms with E-state index in [1.165, 1.54) is 0 Å². The fourth-order valence-corrected chi connectivity index (χ4v) is 1.68. The van der Waals surface area contributed by atoms with Crippen molar-refractivity contribution in [2.75, 3.05) is 13.1 Å². The average molecular weight is 362 g/mol. The van der Waals surface area contributed by atoms with Gasteiger partial charge in [0, 0.05) is 13.5 Å². The first-order valence-corrected chi connectivity index (χ1v) is 7.85. The highest BCUT2D eigenvalue weighted by Gasteiger charge is 2.22. The highest BCUT2D eigenvalue weighted by Crippen LogP contribution is 2.02. The van der Waals surface area contributed by atoms with Crippen LogP contribution in [0.2, 0.25) is 0 Å². The molecule has 0 aromatic rings. The molecule has 0 saturated heterocycles. The third-order valence-corrected chi connectivity index (χ3v) is 2.87. The van der Waals surface area contributed by atoms with Crippen LogP contribution in [0.4, 0.5) is 0 Å². The summed E-state index contributed by atoms with van der Waals surface area (Å²) in [5, 5.41) is 18.9. The summed E-state index contributed by atoms with van der Waals surface area (Å²) in [6.45, 7) is 1.95. The van der Waals surface area contributed by atoms with Crippen LogP contribution in [0.25, 0.3) is 0 Å². The number of nitrogens with two attached hydrogens (primary N) is 4. The molecule has 0 spiro atoms. The largest absolute Gasteiger partial charge is 0.481 e. The minimum absolute atomic E-state index is 0.0149. The number of carbonyl (C=O) groups excluding carboxylic acids is 1. The van der Waals surface area contributed by atoms with E-state index in [-0.39, 0.29) is 5.96 Å². The molecule has 0 saturated carbocycles. The van der Waals surface area contributed by atoms with Crippen molar-refractivity contribution in [2.24, 2.45) is 27.9 Å². The molecular weight excluding hydrogens is 332 g/mol. The zero-order chi connectivity index (χ0) is 19.8. The Bertz CT molecular complexity index is 435. The van der Waals surface area contributed by atoms with Crippen molar-refractivity contribution in [3.63, 3.8) is 0 Å². The maximum atomic E-state index is 11.8. The minimum atomic E-state index is -1.08. The van der Waals surface area contributed by atoms with Crippen LogP contribution in [0, 0.1) is 0 Å². The van der Waals surface area contributed by atoms with Gasteiger partial charge in [-0.15, -0.1) is 0 Å². The second kappa shape index (κ2) is 15.1. The second-order valence-corrected chi connectivity index (χ2v) is 5.26. The third kappa shape index (κ3) is 17.8. The fourth-order valence-electron chi connectivity index (χ4n) is 1.68. The lowest BCUT2D eigenvalue weighted by Gasteiger charge is -2.17. The standard InChI is InChI=1S/C12H26N6O3.C2H4O2/c13-6-2-1-5-9(11(20)21)18-10(19)8(14)4-3-7-17-12(15)16;1-2(3)4/h8-9H,1-7,13-14H2,(H,18,19)(H,20,21)(H4,15,16,17);1H3,(H,3,4)/t8?,9-;/m0./s1. The van der Waals surface area contributed by atoms with Crippen LogP contribution in [0.1, 0.15) is 39.0 Å². The lowest BCUT2D eigenvalue weighted by molar-refractivity contribution is -0.142. The van der Waals surface area contributed by atoms with Crippen LogP contribution >= 0.6 is 0 Å². The number of aliphatic carboxylic acids is 2. The van der Waals surface area contributed by atoms with Gasteiger partial charge in [0.15, 0.2) is 5.96 Å². The van der Waals surface area contributed by atoms with Gasteiger partial charge in [-0.1, -0.05) is 0 Å². The van der Waals surface area contributed by atoms with Gasteiger partial charge in [-0.3, -0.25) is 14.6 Å². The van der Waals surface area contributed by atoms with Gasteiger partial charge in [0.05, 0.1) is 6.04 Å². The molecule has 0 aliphatic rings. The molecule has 1 amide bonds. The quantitative estimate of drug-likeness (QED) is 0.124. The number of hydrogen-bond acceptors (Lipinski definition) is 6. The molecule has 0 aliphatic carbocycles. The Morgan fingerprint density at radius 1 is 1.08 bits per heavy atom. The van der Waals surface area contributed by atoms with Crippen molar-refractivity contribution in [3.8, 4) is 0 Å². The monoisotopic (exact) mass is 362 g/mol. The molecule has 0 bridgehead atoms. The fraction of sp³-hybridized carbons (Fsp3) is 0.714. The predicted molar refractivity (Wildman–Crippen MR) is 93.7 cm³/mol. The number of rotatable bonds is 11. The summed E-state index contributed by atoms with van der Waals surface area (Å²) in [6.07, 6.45) is 2.59. The molecule has 11 heteroatoms. The third-order valence-electron chi connectivity index (χ3n) is 2.87. The molecule has 146 valence electrons. The van der Waals surface area contributed by atoms with E-state index in [1.807, 2.05) is 0 Å². The van der Waals surface area contributed by atoms with E-state index in [2.05, 4.69) is 10.3 Å². The highest BCUT2D eigenvalue weighted by atomic mass is 16.4. The molecule has 0 radical (unpaired) electrons. The van der Waals surface area contributed by atoms with Gasteiger partial charge < -0.3 is 38.5 Å². The Labute approximate surface area is 146 Å². The summed E-state index contributed by atoms with van der Waals surface area (Å²) < 4.78 is 0. The van der Waals surface area contributed by atoms with Gasteiger partial charge in [0.25, 0.3) is 5.97 Å². The zero-order valence-corrected chi connectivity index (χ0v) is 14.5. The molecule has 0 heterocycles. The molecule has 0 aromatic heterocycles. The van der Waals surface area contributed by atoms with Gasteiger partial charge in [0.2, 0.25) is 5.91 Å². The number of nitrogens with one attached hydrogen (secondary N) is 1. The number of unbranched alkanes of at least 4 members (excludes halogenated alkanes) is 1. The summed E-state index contributed by atoms with van der Waals surface area (Å²) in [4.78, 5) is 35.6. The number of hydrogen-bond donors (Lipinski definition) is 7. The molecule has 2 atom stereocenters. The molecule has 11 nitrogen and oxygen atoms in total. The number of carboxylic acid groups (broad SMARTS) is 2. The van der Waals surface area contributed by atoms with Crippen LogP contribution in [0.3, 0.4) is 0 Å². The maximum Gasteiger partial charge on any atom is 0.326 e. The van der Waals surface area contributed by atoms with Gasteiger partial charge >= 0.3 is 5.97 Å². The van der Waals surface area contributed by atoms with Gasteiger partial charge in [-0.05, 0) is 38.6 Å². The molecule has 1 unspecified atom stereocenters. The van der Waals surface area contributed by atoms with Crippen LogP contribution in [-0.4, -0.2) is 59.2 Å². The van der Waals surface area contributed by atoms with Crippen LogP contribution in [0.5, 0.6) is 0 Å². The Balaban J connectivity index is 0. The highest BCUT2D eigenvalue weighted by molar-refractivity contribution is 5.86. The molecule has 0 aliphatic heterocycles. The van der Waals surface area contributed by atoms with E-state index < -0.39 is 29.9 Å². The second-order valence-electron chi connectivity index (χ2n) is 5.26. The number of carboxylic acids is 2. The van der Waals surface area contributed by atoms with Crippen molar-refractivity contribution in [2.45, 2.75) is 51.1 Å². The Morgan fingerprint density at radius 3 is 2.08 bits per heavy atom. The molecule has 0 fully saturated rings. The van der Waals surface area contributed by atoms with Gasteiger partial charge in [-0.25, -0.2) is 4.79 Å². The van der Waals surface area contributed by atoms with Gasteiger partial charge in [0.1, 0.15) is 6.04 Å². The number of aliphatic imine (C=N–C) groups is 1. The first-order valence-electron chi connectivity index (χ1n) is 7.85. The Morgan fingerprint density at radius 2 is 1.64 bits per heavy atom. The first kappa shape index (κ1) is 24.8. The van der Waals surface area contributed by atoms with E-state index in [9.17, 15) is 9.59 Å². The lowest BCUT2D eigenvalue weighted by Crippen LogP contribution is -2.48. The van der Waals surface area contributed by atoms with E-state index in [1.54, 1.807) is 0 Å². The summed E-state index contributed by atoms with van der Waals surface area (Å²) in [6, 6.07) is -1.72. The maximum absolute atomic E-state index is 11.8. The first-order chi connectivity index (χ1) is 11.6. The Kier molecular flexibility index (Phi) is 15.1. The molecule has 25 heavy (non-hydrogen) atoms. The van der Waals surface area contributed by atoms with E-state index in [0.29, 0.717) is 45.2 Å². The zero-order valence-electron chi connectivity index (χ0n) is 14.5. The van der Waals surface area contributed by atoms with Crippen LogP contribution in [-0.2, 0) is 14.4 Å². The van der Waals surface area contributed by atoms with Crippen molar-refractivity contribution in [1.82, 2.24) is 5.32 Å². The van der Waals surface area contributed by atoms with E-state index in [4.69, 9.17) is 37.9 Å². The molecule has 11 N–H and O–H groups in total. The molecular formula is C14H30N6O5. The topological polar surface area (TPSA) is 220 Å². The SMILES string of the molecule is CC(=O)O.NCCCC[C@H](NC(=O)C(N)CCCN=C(N)N)C(=O)O. The van der Waals surface area contributed by atoms with Crippen molar-refractivity contribution >= 4 is 23.8 Å². The summed E-state index contributed by atoms with van der Waals surface area (Å²) in [7, 11) is 0. The number of nitrogens with zero attached hydrogens (tertiary/aromatic N) is 1. The van der Waals surface area contributed by atoms with Crippen molar-refractivity contribution in [1.29, 1.82) is 0 Å². The number of guanidine groups is 1. The molecule has 0 aromatic carbocycles. The normalized spacial score (nSPS) is 12.1. The number of amides is 1. The molecule has 0 rings (SSSR count). The summed E-state index contributed by atoms with van der Waals surface area (Å²) >= 11 is 0. The summed E-state index contributed by atoms with van der Waals surface area (Å²) in [5.74, 6) is -2.41. The summed E-state index contributed by atoms with van der Waals surface area (Å²) in [5.41, 5.74) is 21.4. The van der Waals surface area contributed by atoms with Crippen molar-refractivity contribution in [3.05, 3.63) is 0 Å². The van der Waals surface area contributed by atoms with Gasteiger partial charge in [-0.2, -0.15) is 0 Å². The smallest absolute Gasteiger partial charge is 0.326 e. The van der Waals surface area contributed by atoms with E-state index >= 15 is 0 Å². The van der Waals surface area contributed by atoms with E-state index in [0.717, 1.165) is 6.92 Å². The average Bonchev–Trinajstić information content (AvgIpc) is 2.49. The lowest BCUT2D eigenvalue weighted by atomic mass is 10.1. The minimum Gasteiger partial charge on any atom is -0.481 e. The predicted octanol–water partition coefficient (Wildman–Crippen LogP) is -1.84. The van der Waals surface area contributed by atoms with Crippen LogP contribution < -0.4 is 28.3 Å². The van der Waals surface area contributed by atoms with Crippen LogP contribution in [0.15, 0.2) is 4.99 Å². The Hall–Kier alpha value is -2.40. The van der Waals surface area contributed by atoms with Crippen molar-refractivity contribution < 1.29 is 24.6 Å².